The van der Waals surface area contributed by atoms with Gasteiger partial charge in [-0.15, -0.1) is 0 Å². The van der Waals surface area contributed by atoms with Gasteiger partial charge in [-0.25, -0.2) is 4.98 Å². The van der Waals surface area contributed by atoms with E-state index in [1.807, 2.05) is 24.3 Å². The lowest BCUT2D eigenvalue weighted by atomic mass is 10.2. The van der Waals surface area contributed by atoms with Gasteiger partial charge in [-0.3, -0.25) is 0 Å². The molecule has 1 heterocycles. The van der Waals surface area contributed by atoms with E-state index in [1.54, 1.807) is 0 Å². The van der Waals surface area contributed by atoms with Crippen LogP contribution in [0.2, 0.25) is 0 Å². The van der Waals surface area contributed by atoms with Crippen LogP contribution in [-0.4, -0.2) is 18.1 Å². The molecule has 17 heavy (non-hydrogen) atoms. The first-order chi connectivity index (χ1) is 8.11. The number of rotatable bonds is 3. The predicted octanol–water partition coefficient (Wildman–Crippen LogP) is 3.05. The van der Waals surface area contributed by atoms with Crippen molar-refractivity contribution in [2.45, 2.75) is 26.3 Å². The summed E-state index contributed by atoms with van der Waals surface area (Å²) < 4.78 is 0. The minimum absolute atomic E-state index is 0.494. The molecule has 2 rings (SSSR count). The van der Waals surface area contributed by atoms with Crippen LogP contribution in [-0.2, 0) is 0 Å². The molecule has 0 fully saturated rings. The van der Waals surface area contributed by atoms with Crippen molar-refractivity contribution < 1.29 is 0 Å². The Kier molecular flexibility index (Phi) is 3.18. The molecule has 1 atom stereocenters. The third-order valence-corrected chi connectivity index (χ3v) is 3.31. The summed E-state index contributed by atoms with van der Waals surface area (Å²) in [6.07, 6.45) is 1.11. The summed E-state index contributed by atoms with van der Waals surface area (Å²) in [7, 11) is 2.08. The van der Waals surface area contributed by atoms with Crippen LogP contribution in [0.5, 0.6) is 0 Å². The maximum atomic E-state index is 5.75. The maximum absolute atomic E-state index is 5.75. The smallest absolute Gasteiger partial charge is 0.129 e. The minimum atomic E-state index is 0.494. The highest BCUT2D eigenvalue weighted by molar-refractivity contribution is 5.83. The fourth-order valence-corrected chi connectivity index (χ4v) is 1.83. The molecule has 0 aliphatic carbocycles. The maximum Gasteiger partial charge on any atom is 0.129 e. The van der Waals surface area contributed by atoms with Crippen molar-refractivity contribution in [1.29, 1.82) is 0 Å². The number of anilines is 2. The Labute approximate surface area is 102 Å². The average Bonchev–Trinajstić information content (AvgIpc) is 2.36. The third kappa shape index (κ3) is 2.33. The number of pyridine rings is 1. The molecular formula is C14H19N3. The fourth-order valence-electron chi connectivity index (χ4n) is 1.83. The molecule has 2 aromatic rings. The number of hydrogen-bond acceptors (Lipinski definition) is 3. The van der Waals surface area contributed by atoms with Crippen LogP contribution in [0.15, 0.2) is 30.3 Å². The Bertz CT molecular complexity index is 522. The first-order valence-corrected chi connectivity index (χ1v) is 6.01. The van der Waals surface area contributed by atoms with Gasteiger partial charge in [0.05, 0.1) is 5.52 Å². The third-order valence-electron chi connectivity index (χ3n) is 3.31. The lowest BCUT2D eigenvalue weighted by molar-refractivity contribution is 0.658. The van der Waals surface area contributed by atoms with Gasteiger partial charge in [-0.2, -0.15) is 0 Å². The van der Waals surface area contributed by atoms with Gasteiger partial charge < -0.3 is 10.6 Å². The molecule has 3 nitrogen and oxygen atoms in total. The zero-order chi connectivity index (χ0) is 12.4. The van der Waals surface area contributed by atoms with Crippen LogP contribution in [0.1, 0.15) is 20.3 Å². The number of hydrogen-bond donors (Lipinski definition) is 1. The highest BCUT2D eigenvalue weighted by atomic mass is 15.2. The van der Waals surface area contributed by atoms with E-state index in [0.29, 0.717) is 6.04 Å². The molecule has 1 aromatic carbocycles. The monoisotopic (exact) mass is 229 g/mol. The number of benzene rings is 1. The van der Waals surface area contributed by atoms with Crippen molar-refractivity contribution in [3.05, 3.63) is 30.3 Å². The summed E-state index contributed by atoms with van der Waals surface area (Å²) in [6, 6.07) is 10.4. The topological polar surface area (TPSA) is 42.1 Å². The Hall–Kier alpha value is -1.77. The van der Waals surface area contributed by atoms with Gasteiger partial charge in [0.2, 0.25) is 0 Å². The number of nitrogens with two attached hydrogens (primary N) is 1. The molecule has 0 saturated carbocycles. The zero-order valence-corrected chi connectivity index (χ0v) is 10.6. The summed E-state index contributed by atoms with van der Waals surface area (Å²) in [4.78, 5) is 6.86. The molecular weight excluding hydrogens is 210 g/mol. The molecule has 1 aromatic heterocycles. The van der Waals surface area contributed by atoms with Crippen LogP contribution in [0.4, 0.5) is 11.5 Å². The Morgan fingerprint density at radius 3 is 2.76 bits per heavy atom. The second-order valence-corrected chi connectivity index (χ2v) is 4.49. The summed E-state index contributed by atoms with van der Waals surface area (Å²) >= 11 is 0. The largest absolute Gasteiger partial charge is 0.399 e. The van der Waals surface area contributed by atoms with Crippen molar-refractivity contribution in [2.24, 2.45) is 0 Å². The SMILES string of the molecule is CCC(C)N(C)c1ccc2cc(N)ccc2n1. The van der Waals surface area contributed by atoms with Crippen molar-refractivity contribution in [3.8, 4) is 0 Å². The molecule has 0 radical (unpaired) electrons. The van der Waals surface area contributed by atoms with E-state index in [0.717, 1.165) is 28.8 Å². The van der Waals surface area contributed by atoms with Gasteiger partial charge in [0.25, 0.3) is 0 Å². The minimum Gasteiger partial charge on any atom is -0.399 e. The van der Waals surface area contributed by atoms with E-state index in [4.69, 9.17) is 5.73 Å². The summed E-state index contributed by atoms with van der Waals surface area (Å²) in [5, 5.41) is 1.09. The molecule has 0 saturated heterocycles. The van der Waals surface area contributed by atoms with E-state index in [9.17, 15) is 0 Å². The summed E-state index contributed by atoms with van der Waals surface area (Å²) in [6.45, 7) is 4.39. The van der Waals surface area contributed by atoms with E-state index in [-0.39, 0.29) is 0 Å². The van der Waals surface area contributed by atoms with Gasteiger partial charge in [0.1, 0.15) is 5.82 Å². The standard InChI is InChI=1S/C14H19N3/c1-4-10(2)17(3)14-8-5-11-9-12(15)6-7-13(11)16-14/h5-10H,4,15H2,1-3H3. The normalized spacial score (nSPS) is 12.6. The van der Waals surface area contributed by atoms with Crippen molar-refractivity contribution in [2.75, 3.05) is 17.7 Å². The average molecular weight is 229 g/mol. The lowest BCUT2D eigenvalue weighted by Crippen LogP contribution is -2.28. The molecule has 3 heteroatoms. The Morgan fingerprint density at radius 2 is 2.06 bits per heavy atom. The van der Waals surface area contributed by atoms with Gasteiger partial charge in [-0.1, -0.05) is 6.92 Å². The van der Waals surface area contributed by atoms with Crippen molar-refractivity contribution in [3.63, 3.8) is 0 Å². The quantitative estimate of drug-likeness (QED) is 0.822. The van der Waals surface area contributed by atoms with Crippen LogP contribution in [0, 0.1) is 0 Å². The molecule has 0 bridgehead atoms. The number of nitrogens with zero attached hydrogens (tertiary/aromatic N) is 2. The highest BCUT2D eigenvalue weighted by Gasteiger charge is 2.09. The van der Waals surface area contributed by atoms with Crippen molar-refractivity contribution >= 4 is 22.4 Å². The molecule has 90 valence electrons. The number of nitrogen functional groups attached to an aromatic ring is 1. The van der Waals surface area contributed by atoms with E-state index in [1.165, 1.54) is 0 Å². The molecule has 2 N–H and O–H groups in total. The number of fused-ring (bicyclic) bond motifs is 1. The molecule has 1 unspecified atom stereocenters. The summed E-state index contributed by atoms with van der Waals surface area (Å²) in [5.41, 5.74) is 7.53. The zero-order valence-electron chi connectivity index (χ0n) is 10.6. The van der Waals surface area contributed by atoms with E-state index < -0.39 is 0 Å². The predicted molar refractivity (Wildman–Crippen MR) is 74.3 cm³/mol. The molecule has 0 aliphatic rings. The van der Waals surface area contributed by atoms with Gasteiger partial charge in [-0.05, 0) is 43.7 Å². The second kappa shape index (κ2) is 4.62. The Balaban J connectivity index is 2.41. The van der Waals surface area contributed by atoms with Gasteiger partial charge in [0, 0.05) is 24.2 Å². The molecule has 0 aliphatic heterocycles. The fraction of sp³-hybridized carbons (Fsp3) is 0.357. The number of aromatic nitrogens is 1. The second-order valence-electron chi connectivity index (χ2n) is 4.49. The van der Waals surface area contributed by atoms with E-state index in [2.05, 4.69) is 36.8 Å². The molecule has 0 spiro atoms. The summed E-state index contributed by atoms with van der Waals surface area (Å²) in [5.74, 6) is 1.01. The van der Waals surface area contributed by atoms with Crippen LogP contribution in [0.25, 0.3) is 10.9 Å². The first kappa shape index (κ1) is 11.7. The van der Waals surface area contributed by atoms with Gasteiger partial charge >= 0.3 is 0 Å². The molecule has 0 amide bonds. The first-order valence-electron chi connectivity index (χ1n) is 6.01. The van der Waals surface area contributed by atoms with Gasteiger partial charge in [0.15, 0.2) is 0 Å². The van der Waals surface area contributed by atoms with E-state index >= 15 is 0 Å². The van der Waals surface area contributed by atoms with Crippen LogP contribution >= 0.6 is 0 Å². The van der Waals surface area contributed by atoms with Crippen LogP contribution < -0.4 is 10.6 Å². The Morgan fingerprint density at radius 1 is 1.29 bits per heavy atom. The highest BCUT2D eigenvalue weighted by Crippen LogP contribution is 2.21. The van der Waals surface area contributed by atoms with Crippen molar-refractivity contribution in [1.82, 2.24) is 4.98 Å². The lowest BCUT2D eigenvalue weighted by Gasteiger charge is -2.25. The van der Waals surface area contributed by atoms with Crippen LogP contribution in [0.3, 0.4) is 0 Å².